The molecule has 2 aliphatic heterocycles. The smallest absolute Gasteiger partial charge is 0.0931 e. The van der Waals surface area contributed by atoms with Crippen molar-refractivity contribution < 1.29 is 0 Å². The maximum atomic E-state index is 6.19. The molecule has 0 amide bonds. The number of thiophene rings is 1. The van der Waals surface area contributed by atoms with Crippen LogP contribution < -0.4 is 5.73 Å². The Kier molecular flexibility index (Phi) is 3.68. The zero-order chi connectivity index (χ0) is 12.7. The number of rotatable bonds is 2. The van der Waals surface area contributed by atoms with Crippen LogP contribution in [0.5, 0.6) is 0 Å². The normalized spacial score (nSPS) is 34.5. The fraction of sp³-hybridized carbons (Fsp3) is 0.714. The Hall–Kier alpha value is -0.0900. The number of halogens is 1. The van der Waals surface area contributed by atoms with Crippen molar-refractivity contribution in [3.63, 3.8) is 0 Å². The third-order valence-corrected chi connectivity index (χ3v) is 5.92. The third kappa shape index (κ3) is 2.34. The lowest BCUT2D eigenvalue weighted by Crippen LogP contribution is -2.55. The molecule has 2 fully saturated rings. The Labute approximate surface area is 118 Å². The maximum Gasteiger partial charge on any atom is 0.0931 e. The quantitative estimate of drug-likeness (QED) is 0.895. The number of nitrogens with two attached hydrogens (primary N) is 1. The second-order valence-corrected chi connectivity index (χ2v) is 7.48. The SMILES string of the molecule is CC(c1ccc(Cl)s1)N1C2CCCC1CC(N)C2. The highest BCUT2D eigenvalue weighted by Gasteiger charge is 2.39. The molecule has 2 aliphatic rings. The molecule has 2 nitrogen and oxygen atoms in total. The molecule has 2 bridgehead atoms. The minimum atomic E-state index is 0.413. The van der Waals surface area contributed by atoms with Crippen molar-refractivity contribution in [3.05, 3.63) is 21.3 Å². The van der Waals surface area contributed by atoms with Gasteiger partial charge in [-0.1, -0.05) is 18.0 Å². The van der Waals surface area contributed by atoms with E-state index < -0.39 is 0 Å². The summed E-state index contributed by atoms with van der Waals surface area (Å²) in [6.07, 6.45) is 6.33. The zero-order valence-electron chi connectivity index (χ0n) is 10.8. The van der Waals surface area contributed by atoms with Crippen molar-refractivity contribution in [1.29, 1.82) is 0 Å². The van der Waals surface area contributed by atoms with Gasteiger partial charge in [-0.2, -0.15) is 0 Å². The minimum absolute atomic E-state index is 0.413. The monoisotopic (exact) mass is 284 g/mol. The molecule has 3 rings (SSSR count). The molecule has 0 radical (unpaired) electrons. The number of piperidine rings is 2. The summed E-state index contributed by atoms with van der Waals surface area (Å²) in [6, 6.07) is 6.47. The van der Waals surface area contributed by atoms with Crippen molar-refractivity contribution in [2.24, 2.45) is 5.73 Å². The van der Waals surface area contributed by atoms with Crippen LogP contribution in [0.25, 0.3) is 0 Å². The van der Waals surface area contributed by atoms with Gasteiger partial charge >= 0.3 is 0 Å². The van der Waals surface area contributed by atoms with Gasteiger partial charge in [-0.3, -0.25) is 4.90 Å². The molecule has 0 aromatic carbocycles. The molecule has 3 atom stereocenters. The molecule has 3 unspecified atom stereocenters. The first kappa shape index (κ1) is 12.9. The van der Waals surface area contributed by atoms with Crippen LogP contribution in [-0.2, 0) is 0 Å². The molecule has 2 N–H and O–H groups in total. The van der Waals surface area contributed by atoms with Crippen molar-refractivity contribution in [1.82, 2.24) is 4.90 Å². The molecule has 1 aromatic rings. The van der Waals surface area contributed by atoms with Gasteiger partial charge in [0.2, 0.25) is 0 Å². The van der Waals surface area contributed by atoms with Gasteiger partial charge in [-0.05, 0) is 44.7 Å². The number of hydrogen-bond donors (Lipinski definition) is 1. The van der Waals surface area contributed by atoms with Crippen molar-refractivity contribution in [2.75, 3.05) is 0 Å². The Morgan fingerprint density at radius 1 is 1.33 bits per heavy atom. The molecule has 100 valence electrons. The van der Waals surface area contributed by atoms with Crippen LogP contribution in [0.2, 0.25) is 4.34 Å². The lowest BCUT2D eigenvalue weighted by Gasteiger charge is -2.50. The highest BCUT2D eigenvalue weighted by atomic mass is 35.5. The lowest BCUT2D eigenvalue weighted by molar-refractivity contribution is 0.000582. The van der Waals surface area contributed by atoms with E-state index in [1.54, 1.807) is 11.3 Å². The van der Waals surface area contributed by atoms with Crippen molar-refractivity contribution >= 4 is 22.9 Å². The van der Waals surface area contributed by atoms with Crippen molar-refractivity contribution in [2.45, 2.75) is 63.2 Å². The first-order chi connectivity index (χ1) is 8.65. The number of nitrogens with zero attached hydrogens (tertiary/aromatic N) is 1. The molecule has 0 spiro atoms. The second kappa shape index (κ2) is 5.12. The highest BCUT2D eigenvalue weighted by Crippen LogP contribution is 2.41. The van der Waals surface area contributed by atoms with E-state index in [2.05, 4.69) is 17.9 Å². The molecule has 3 heterocycles. The van der Waals surface area contributed by atoms with Gasteiger partial charge in [0.15, 0.2) is 0 Å². The second-order valence-electron chi connectivity index (χ2n) is 5.74. The first-order valence-corrected chi connectivity index (χ1v) is 8.13. The summed E-state index contributed by atoms with van der Waals surface area (Å²) in [4.78, 5) is 4.11. The van der Waals surface area contributed by atoms with Crippen LogP contribution in [0.15, 0.2) is 12.1 Å². The van der Waals surface area contributed by atoms with Crippen LogP contribution >= 0.6 is 22.9 Å². The van der Waals surface area contributed by atoms with E-state index in [0.29, 0.717) is 24.2 Å². The lowest BCUT2D eigenvalue weighted by atomic mass is 9.81. The van der Waals surface area contributed by atoms with E-state index in [1.165, 1.54) is 37.0 Å². The van der Waals surface area contributed by atoms with Gasteiger partial charge in [-0.15, -0.1) is 11.3 Å². The Morgan fingerprint density at radius 3 is 2.56 bits per heavy atom. The Bertz CT molecular complexity index is 406. The molecule has 0 saturated carbocycles. The summed E-state index contributed by atoms with van der Waals surface area (Å²) in [6.45, 7) is 2.32. The van der Waals surface area contributed by atoms with Crippen LogP contribution in [0.4, 0.5) is 0 Å². The van der Waals surface area contributed by atoms with E-state index in [0.717, 1.165) is 4.34 Å². The minimum Gasteiger partial charge on any atom is -0.328 e. The van der Waals surface area contributed by atoms with E-state index in [1.807, 2.05) is 6.07 Å². The molecule has 18 heavy (non-hydrogen) atoms. The van der Waals surface area contributed by atoms with Crippen LogP contribution in [-0.4, -0.2) is 23.0 Å². The van der Waals surface area contributed by atoms with E-state index in [-0.39, 0.29) is 0 Å². The predicted octanol–water partition coefficient (Wildman–Crippen LogP) is 3.81. The van der Waals surface area contributed by atoms with Crippen LogP contribution in [0, 0.1) is 0 Å². The van der Waals surface area contributed by atoms with Gasteiger partial charge in [0.25, 0.3) is 0 Å². The molecule has 2 saturated heterocycles. The maximum absolute atomic E-state index is 6.19. The van der Waals surface area contributed by atoms with E-state index in [4.69, 9.17) is 17.3 Å². The summed E-state index contributed by atoms with van der Waals surface area (Å²) in [5.74, 6) is 0. The number of fused-ring (bicyclic) bond motifs is 2. The standard InChI is InChI=1S/C14H21ClN2S/c1-9(13-5-6-14(15)18-13)17-11-3-2-4-12(17)8-10(16)7-11/h5-6,9-12H,2-4,7-8,16H2,1H3. The Balaban J connectivity index is 1.82. The summed E-state index contributed by atoms with van der Waals surface area (Å²) in [5, 5.41) is 0. The molecular formula is C14H21ClN2S. The van der Waals surface area contributed by atoms with E-state index >= 15 is 0 Å². The molecule has 1 aromatic heterocycles. The van der Waals surface area contributed by atoms with Gasteiger partial charge in [-0.25, -0.2) is 0 Å². The summed E-state index contributed by atoms with van der Waals surface area (Å²) < 4.78 is 0.899. The molecule has 4 heteroatoms. The fourth-order valence-corrected chi connectivity index (χ4v) is 4.91. The largest absolute Gasteiger partial charge is 0.328 e. The molecule has 0 aliphatic carbocycles. The van der Waals surface area contributed by atoms with Gasteiger partial charge < -0.3 is 5.73 Å². The van der Waals surface area contributed by atoms with Crippen molar-refractivity contribution in [3.8, 4) is 0 Å². The van der Waals surface area contributed by atoms with E-state index in [9.17, 15) is 0 Å². The highest BCUT2D eigenvalue weighted by molar-refractivity contribution is 7.16. The summed E-state index contributed by atoms with van der Waals surface area (Å²) in [7, 11) is 0. The fourth-order valence-electron chi connectivity index (χ4n) is 3.79. The topological polar surface area (TPSA) is 29.3 Å². The zero-order valence-corrected chi connectivity index (χ0v) is 12.4. The Morgan fingerprint density at radius 2 is 2.00 bits per heavy atom. The van der Waals surface area contributed by atoms with Gasteiger partial charge in [0, 0.05) is 29.0 Å². The third-order valence-electron chi connectivity index (χ3n) is 4.52. The predicted molar refractivity (Wildman–Crippen MR) is 78.2 cm³/mol. The van der Waals surface area contributed by atoms with Crippen LogP contribution in [0.3, 0.4) is 0 Å². The summed E-state index contributed by atoms with van der Waals surface area (Å²) in [5.41, 5.74) is 6.19. The summed E-state index contributed by atoms with van der Waals surface area (Å²) >= 11 is 7.79. The number of hydrogen-bond acceptors (Lipinski definition) is 3. The van der Waals surface area contributed by atoms with Gasteiger partial charge in [0.05, 0.1) is 4.34 Å². The van der Waals surface area contributed by atoms with Crippen LogP contribution in [0.1, 0.15) is 49.9 Å². The first-order valence-electron chi connectivity index (χ1n) is 6.93. The molecular weight excluding hydrogens is 264 g/mol. The average Bonchev–Trinajstić information content (AvgIpc) is 2.74. The average molecular weight is 285 g/mol. The van der Waals surface area contributed by atoms with Gasteiger partial charge in [0.1, 0.15) is 0 Å².